The van der Waals surface area contributed by atoms with Crippen LogP contribution < -0.4 is 5.32 Å². The lowest BCUT2D eigenvalue weighted by Gasteiger charge is -2.24. The number of nitrogens with one attached hydrogen (secondary N) is 1. The van der Waals surface area contributed by atoms with Gasteiger partial charge >= 0.3 is 0 Å². The number of aryl methyl sites for hydroxylation is 2. The second-order valence-electron chi connectivity index (χ2n) is 7.76. The van der Waals surface area contributed by atoms with Crippen LogP contribution >= 0.6 is 24.0 Å². The van der Waals surface area contributed by atoms with Crippen LogP contribution in [0.3, 0.4) is 0 Å². The van der Waals surface area contributed by atoms with Crippen LogP contribution in [0.1, 0.15) is 44.1 Å². The standard InChI is InChI=1S/C19H31N5O.HI/c1-2-20-18(24-11-7-19(14-24)8-12-25-15-19)21-9-6-16-13-23-10-4-3-5-17(23)22-16;/h13H,2-12,14-15H2,1H3,(H,20,21);1H. The summed E-state index contributed by atoms with van der Waals surface area (Å²) in [5, 5.41) is 3.48. The molecule has 2 saturated heterocycles. The fourth-order valence-electron chi connectivity index (χ4n) is 4.38. The third kappa shape index (κ3) is 4.35. The minimum Gasteiger partial charge on any atom is -0.381 e. The number of nitrogens with zero attached hydrogens (tertiary/aromatic N) is 4. The molecule has 4 heterocycles. The lowest BCUT2D eigenvalue weighted by Crippen LogP contribution is -2.41. The normalized spacial score (nSPS) is 25.4. The summed E-state index contributed by atoms with van der Waals surface area (Å²) in [5.74, 6) is 2.33. The summed E-state index contributed by atoms with van der Waals surface area (Å²) in [7, 11) is 0. The van der Waals surface area contributed by atoms with E-state index in [4.69, 9.17) is 14.7 Å². The van der Waals surface area contributed by atoms with Gasteiger partial charge in [0.2, 0.25) is 0 Å². The van der Waals surface area contributed by atoms with Crippen LogP contribution in [0.2, 0.25) is 0 Å². The number of imidazole rings is 1. The molecule has 0 aromatic carbocycles. The van der Waals surface area contributed by atoms with Gasteiger partial charge in [-0.1, -0.05) is 0 Å². The molecule has 3 aliphatic heterocycles. The molecule has 2 fully saturated rings. The summed E-state index contributed by atoms with van der Waals surface area (Å²) in [6.07, 6.45) is 9.28. The third-order valence-corrected chi connectivity index (χ3v) is 5.85. The van der Waals surface area contributed by atoms with Gasteiger partial charge in [-0.05, 0) is 32.6 Å². The third-order valence-electron chi connectivity index (χ3n) is 5.85. The Morgan fingerprint density at radius 2 is 2.27 bits per heavy atom. The number of aliphatic imine (C=N–C) groups is 1. The van der Waals surface area contributed by atoms with Gasteiger partial charge in [0.25, 0.3) is 0 Å². The van der Waals surface area contributed by atoms with Crippen LogP contribution in [0, 0.1) is 5.41 Å². The molecule has 7 heteroatoms. The maximum Gasteiger partial charge on any atom is 0.193 e. The second kappa shape index (κ2) is 8.91. The van der Waals surface area contributed by atoms with E-state index < -0.39 is 0 Å². The molecule has 1 unspecified atom stereocenters. The van der Waals surface area contributed by atoms with Crippen molar-refractivity contribution >= 4 is 29.9 Å². The molecule has 1 spiro atoms. The summed E-state index contributed by atoms with van der Waals surface area (Å²) in [5.41, 5.74) is 1.57. The van der Waals surface area contributed by atoms with Crippen molar-refractivity contribution in [2.45, 2.75) is 52.0 Å². The molecule has 0 amide bonds. The van der Waals surface area contributed by atoms with Gasteiger partial charge in [0.05, 0.1) is 12.3 Å². The predicted octanol–water partition coefficient (Wildman–Crippen LogP) is 2.46. The van der Waals surface area contributed by atoms with E-state index in [0.29, 0.717) is 5.41 Å². The molecule has 6 nitrogen and oxygen atoms in total. The number of likely N-dealkylation sites (tertiary alicyclic amines) is 1. The minimum absolute atomic E-state index is 0. The summed E-state index contributed by atoms with van der Waals surface area (Å²) in [6, 6.07) is 0. The van der Waals surface area contributed by atoms with E-state index in [0.717, 1.165) is 64.7 Å². The molecule has 26 heavy (non-hydrogen) atoms. The van der Waals surface area contributed by atoms with E-state index in [1.807, 2.05) is 0 Å². The molecular weight excluding hydrogens is 441 g/mol. The lowest BCUT2D eigenvalue weighted by molar-refractivity contribution is 0.156. The maximum atomic E-state index is 5.65. The Kier molecular flexibility index (Phi) is 6.82. The maximum absolute atomic E-state index is 5.65. The van der Waals surface area contributed by atoms with Gasteiger partial charge in [0.1, 0.15) is 5.82 Å². The van der Waals surface area contributed by atoms with Gasteiger partial charge in [0.15, 0.2) is 5.96 Å². The van der Waals surface area contributed by atoms with E-state index in [2.05, 4.69) is 27.9 Å². The predicted molar refractivity (Wildman–Crippen MR) is 114 cm³/mol. The van der Waals surface area contributed by atoms with E-state index in [1.165, 1.54) is 37.2 Å². The molecule has 1 atom stereocenters. The first-order chi connectivity index (χ1) is 12.3. The molecule has 0 saturated carbocycles. The van der Waals surface area contributed by atoms with Gasteiger partial charge in [-0.3, -0.25) is 4.99 Å². The van der Waals surface area contributed by atoms with E-state index in [-0.39, 0.29) is 24.0 Å². The number of ether oxygens (including phenoxy) is 1. The van der Waals surface area contributed by atoms with E-state index in [9.17, 15) is 0 Å². The molecule has 4 rings (SSSR count). The van der Waals surface area contributed by atoms with Crippen LogP contribution in [0.5, 0.6) is 0 Å². The van der Waals surface area contributed by atoms with Crippen LogP contribution in [-0.2, 0) is 24.1 Å². The first kappa shape index (κ1) is 19.9. The van der Waals surface area contributed by atoms with Crippen molar-refractivity contribution in [1.82, 2.24) is 19.8 Å². The van der Waals surface area contributed by atoms with Gasteiger partial charge in [-0.15, -0.1) is 24.0 Å². The van der Waals surface area contributed by atoms with Crippen molar-refractivity contribution in [1.29, 1.82) is 0 Å². The fourth-order valence-corrected chi connectivity index (χ4v) is 4.38. The number of rotatable bonds is 4. The van der Waals surface area contributed by atoms with Crippen molar-refractivity contribution in [2.75, 3.05) is 39.4 Å². The van der Waals surface area contributed by atoms with Crippen LogP contribution in [0.25, 0.3) is 0 Å². The highest BCUT2D eigenvalue weighted by Crippen LogP contribution is 2.38. The Balaban J connectivity index is 0.00000196. The molecule has 146 valence electrons. The number of guanidine groups is 1. The highest BCUT2D eigenvalue weighted by atomic mass is 127. The van der Waals surface area contributed by atoms with E-state index in [1.54, 1.807) is 0 Å². The minimum atomic E-state index is 0. The van der Waals surface area contributed by atoms with E-state index >= 15 is 0 Å². The molecule has 1 aromatic rings. The van der Waals surface area contributed by atoms with Crippen LogP contribution in [-0.4, -0.2) is 59.8 Å². The topological polar surface area (TPSA) is 54.7 Å². The summed E-state index contributed by atoms with van der Waals surface area (Å²) >= 11 is 0. The van der Waals surface area contributed by atoms with Gasteiger partial charge in [-0.25, -0.2) is 4.98 Å². The lowest BCUT2D eigenvalue weighted by atomic mass is 9.87. The highest BCUT2D eigenvalue weighted by molar-refractivity contribution is 14.0. The van der Waals surface area contributed by atoms with Crippen LogP contribution in [0.4, 0.5) is 0 Å². The number of halogens is 1. The zero-order chi connectivity index (χ0) is 17.1. The zero-order valence-electron chi connectivity index (χ0n) is 15.9. The summed E-state index contributed by atoms with van der Waals surface area (Å²) in [4.78, 5) is 12.1. The van der Waals surface area contributed by atoms with Gasteiger partial charge in [-0.2, -0.15) is 0 Å². The smallest absolute Gasteiger partial charge is 0.193 e. The monoisotopic (exact) mass is 473 g/mol. The Morgan fingerprint density at radius 1 is 1.35 bits per heavy atom. The highest BCUT2D eigenvalue weighted by Gasteiger charge is 2.42. The molecule has 0 bridgehead atoms. The van der Waals surface area contributed by atoms with Gasteiger partial charge in [0, 0.05) is 63.8 Å². The number of aromatic nitrogens is 2. The fraction of sp³-hybridized carbons (Fsp3) is 0.789. The average Bonchev–Trinajstić information content (AvgIpc) is 3.35. The second-order valence-corrected chi connectivity index (χ2v) is 7.76. The molecule has 3 aliphatic rings. The summed E-state index contributed by atoms with van der Waals surface area (Å²) < 4.78 is 7.98. The molecule has 0 aliphatic carbocycles. The quantitative estimate of drug-likeness (QED) is 0.415. The molecule has 1 aromatic heterocycles. The van der Waals surface area contributed by atoms with Crippen molar-refractivity contribution in [3.8, 4) is 0 Å². The average molecular weight is 473 g/mol. The van der Waals surface area contributed by atoms with Crippen molar-refractivity contribution in [3.63, 3.8) is 0 Å². The van der Waals surface area contributed by atoms with Crippen LogP contribution in [0.15, 0.2) is 11.2 Å². The van der Waals surface area contributed by atoms with Crippen molar-refractivity contribution < 1.29 is 4.74 Å². The Hall–Kier alpha value is -0.830. The van der Waals surface area contributed by atoms with Gasteiger partial charge < -0.3 is 19.5 Å². The Bertz CT molecular complexity index is 600. The zero-order valence-corrected chi connectivity index (χ0v) is 18.2. The molecule has 1 N–H and O–H groups in total. The number of fused-ring (bicyclic) bond motifs is 1. The van der Waals surface area contributed by atoms with Crippen molar-refractivity contribution in [2.24, 2.45) is 10.4 Å². The Labute approximate surface area is 173 Å². The first-order valence-corrected chi connectivity index (χ1v) is 9.94. The molecule has 0 radical (unpaired) electrons. The largest absolute Gasteiger partial charge is 0.381 e. The first-order valence-electron chi connectivity index (χ1n) is 9.94. The number of hydrogen-bond donors (Lipinski definition) is 1. The SMILES string of the molecule is CCNC(=NCCc1cn2c(n1)CCCC2)N1CCC2(CCOC2)C1.I. The number of hydrogen-bond acceptors (Lipinski definition) is 3. The molecular formula is C19H32IN5O. The Morgan fingerprint density at radius 3 is 3.04 bits per heavy atom. The summed E-state index contributed by atoms with van der Waals surface area (Å²) in [6.45, 7) is 9.01. The van der Waals surface area contributed by atoms with Crippen molar-refractivity contribution in [3.05, 3.63) is 17.7 Å².